The van der Waals surface area contributed by atoms with E-state index in [0.29, 0.717) is 6.42 Å². The first-order valence-corrected chi connectivity index (χ1v) is 4.70. The molecule has 2 saturated carbocycles. The fourth-order valence-electron chi connectivity index (χ4n) is 2.50. The average Bonchev–Trinajstić information content (AvgIpc) is 1.98. The molecule has 1 spiro atoms. The lowest BCUT2D eigenvalue weighted by atomic mass is 9.58. The Labute approximate surface area is 72.0 Å². The van der Waals surface area contributed by atoms with Crippen LogP contribution >= 0.6 is 0 Å². The normalized spacial score (nSPS) is 45.8. The van der Waals surface area contributed by atoms with Crippen LogP contribution in [0.15, 0.2) is 0 Å². The van der Waals surface area contributed by atoms with Gasteiger partial charge in [0.1, 0.15) is 6.10 Å². The highest BCUT2D eigenvalue weighted by Crippen LogP contribution is 2.51. The second-order valence-corrected chi connectivity index (χ2v) is 4.26. The van der Waals surface area contributed by atoms with Gasteiger partial charge in [0.15, 0.2) is 0 Å². The molecule has 2 aliphatic carbocycles. The SMILES string of the molecule is OC1CCC2(CCC2)C(O)C1O. The van der Waals surface area contributed by atoms with E-state index in [9.17, 15) is 15.3 Å². The lowest BCUT2D eigenvalue weighted by Crippen LogP contribution is -2.55. The molecule has 70 valence electrons. The molecule has 0 amide bonds. The van der Waals surface area contributed by atoms with Gasteiger partial charge in [-0.3, -0.25) is 0 Å². The molecule has 0 radical (unpaired) electrons. The van der Waals surface area contributed by atoms with Crippen LogP contribution in [-0.2, 0) is 0 Å². The first-order chi connectivity index (χ1) is 5.66. The zero-order valence-electron chi connectivity index (χ0n) is 7.11. The molecular formula is C9H16O3. The Kier molecular flexibility index (Phi) is 1.90. The van der Waals surface area contributed by atoms with Crippen LogP contribution in [0.4, 0.5) is 0 Å². The summed E-state index contributed by atoms with van der Waals surface area (Å²) in [6, 6.07) is 0. The molecule has 0 aromatic rings. The second-order valence-electron chi connectivity index (χ2n) is 4.26. The zero-order chi connectivity index (χ0) is 8.77. The topological polar surface area (TPSA) is 60.7 Å². The maximum Gasteiger partial charge on any atom is 0.106 e. The van der Waals surface area contributed by atoms with E-state index in [0.717, 1.165) is 25.7 Å². The molecule has 0 aromatic carbocycles. The van der Waals surface area contributed by atoms with Crippen molar-refractivity contribution in [2.45, 2.75) is 50.4 Å². The molecular weight excluding hydrogens is 156 g/mol. The van der Waals surface area contributed by atoms with Crippen LogP contribution in [0.3, 0.4) is 0 Å². The van der Waals surface area contributed by atoms with Gasteiger partial charge >= 0.3 is 0 Å². The Bertz CT molecular complexity index is 177. The van der Waals surface area contributed by atoms with Crippen LogP contribution in [0.2, 0.25) is 0 Å². The summed E-state index contributed by atoms with van der Waals surface area (Å²) in [5, 5.41) is 28.4. The summed E-state index contributed by atoms with van der Waals surface area (Å²) in [5.41, 5.74) is -0.0430. The molecule has 2 rings (SSSR count). The first kappa shape index (κ1) is 8.48. The molecule has 3 unspecified atom stereocenters. The summed E-state index contributed by atoms with van der Waals surface area (Å²) < 4.78 is 0. The van der Waals surface area contributed by atoms with E-state index in [4.69, 9.17) is 0 Å². The van der Waals surface area contributed by atoms with Gasteiger partial charge in [-0.1, -0.05) is 6.42 Å². The number of hydrogen-bond acceptors (Lipinski definition) is 3. The van der Waals surface area contributed by atoms with Crippen molar-refractivity contribution in [2.24, 2.45) is 5.41 Å². The summed E-state index contributed by atoms with van der Waals surface area (Å²) in [4.78, 5) is 0. The molecule has 2 aliphatic rings. The Morgan fingerprint density at radius 3 is 2.17 bits per heavy atom. The van der Waals surface area contributed by atoms with Crippen molar-refractivity contribution in [3.05, 3.63) is 0 Å². The third kappa shape index (κ3) is 1.00. The summed E-state index contributed by atoms with van der Waals surface area (Å²) in [7, 11) is 0. The maximum absolute atomic E-state index is 9.71. The van der Waals surface area contributed by atoms with Crippen LogP contribution in [0.25, 0.3) is 0 Å². The van der Waals surface area contributed by atoms with Crippen LogP contribution in [0.5, 0.6) is 0 Å². The maximum atomic E-state index is 9.71. The smallest absolute Gasteiger partial charge is 0.106 e. The van der Waals surface area contributed by atoms with Gasteiger partial charge in [-0.25, -0.2) is 0 Å². The van der Waals surface area contributed by atoms with Crippen molar-refractivity contribution in [1.29, 1.82) is 0 Å². The molecule has 3 N–H and O–H groups in total. The highest BCUT2D eigenvalue weighted by Gasteiger charge is 2.50. The van der Waals surface area contributed by atoms with E-state index in [1.165, 1.54) is 0 Å². The molecule has 0 saturated heterocycles. The highest BCUT2D eigenvalue weighted by atomic mass is 16.4. The minimum atomic E-state index is -0.918. The quantitative estimate of drug-likeness (QED) is 0.483. The van der Waals surface area contributed by atoms with Gasteiger partial charge < -0.3 is 15.3 Å². The standard InChI is InChI=1S/C9H16O3/c10-6-2-5-9(3-1-4-9)8(12)7(6)11/h6-8,10-12H,1-5H2. The fraction of sp³-hybridized carbons (Fsp3) is 1.00. The van der Waals surface area contributed by atoms with Crippen LogP contribution in [-0.4, -0.2) is 33.6 Å². The zero-order valence-corrected chi connectivity index (χ0v) is 7.11. The van der Waals surface area contributed by atoms with Crippen LogP contribution in [0, 0.1) is 5.41 Å². The average molecular weight is 172 g/mol. The van der Waals surface area contributed by atoms with Gasteiger partial charge in [-0.05, 0) is 31.1 Å². The van der Waals surface area contributed by atoms with Crippen molar-refractivity contribution < 1.29 is 15.3 Å². The predicted octanol–water partition coefficient (Wildman–Crippen LogP) is 0.0332. The Morgan fingerprint density at radius 2 is 1.67 bits per heavy atom. The minimum Gasteiger partial charge on any atom is -0.390 e. The van der Waals surface area contributed by atoms with Gasteiger partial charge in [0.05, 0.1) is 12.2 Å². The largest absolute Gasteiger partial charge is 0.390 e. The third-order valence-corrected chi connectivity index (χ3v) is 3.63. The molecule has 3 heteroatoms. The van der Waals surface area contributed by atoms with Crippen LogP contribution < -0.4 is 0 Å². The monoisotopic (exact) mass is 172 g/mol. The molecule has 12 heavy (non-hydrogen) atoms. The van der Waals surface area contributed by atoms with Gasteiger partial charge in [0.25, 0.3) is 0 Å². The molecule has 3 nitrogen and oxygen atoms in total. The van der Waals surface area contributed by atoms with E-state index in [1.807, 2.05) is 0 Å². The summed E-state index contributed by atoms with van der Waals surface area (Å²) in [6.07, 6.45) is 2.35. The van der Waals surface area contributed by atoms with E-state index >= 15 is 0 Å². The molecule has 2 fully saturated rings. The number of rotatable bonds is 0. The van der Waals surface area contributed by atoms with Gasteiger partial charge in [-0.15, -0.1) is 0 Å². The number of aliphatic hydroxyl groups excluding tert-OH is 3. The molecule has 0 bridgehead atoms. The molecule has 3 atom stereocenters. The lowest BCUT2D eigenvalue weighted by Gasteiger charge is -2.51. The fourth-order valence-corrected chi connectivity index (χ4v) is 2.50. The van der Waals surface area contributed by atoms with Crippen molar-refractivity contribution >= 4 is 0 Å². The van der Waals surface area contributed by atoms with Crippen molar-refractivity contribution in [1.82, 2.24) is 0 Å². The van der Waals surface area contributed by atoms with Crippen molar-refractivity contribution in [3.63, 3.8) is 0 Å². The number of aliphatic hydroxyl groups is 3. The summed E-state index contributed by atoms with van der Waals surface area (Å²) >= 11 is 0. The van der Waals surface area contributed by atoms with Gasteiger partial charge in [0.2, 0.25) is 0 Å². The molecule has 0 aromatic heterocycles. The van der Waals surface area contributed by atoms with Crippen molar-refractivity contribution in [3.8, 4) is 0 Å². The number of hydrogen-bond donors (Lipinski definition) is 3. The van der Waals surface area contributed by atoms with E-state index in [-0.39, 0.29) is 5.41 Å². The summed E-state index contributed by atoms with van der Waals surface area (Å²) in [5.74, 6) is 0. The Hall–Kier alpha value is -0.120. The predicted molar refractivity (Wildman–Crippen MR) is 43.5 cm³/mol. The van der Waals surface area contributed by atoms with E-state index in [2.05, 4.69) is 0 Å². The summed E-state index contributed by atoms with van der Waals surface area (Å²) in [6.45, 7) is 0. The van der Waals surface area contributed by atoms with Gasteiger partial charge in [0, 0.05) is 0 Å². The molecule has 0 aliphatic heterocycles. The lowest BCUT2D eigenvalue weighted by molar-refractivity contribution is -0.171. The Balaban J connectivity index is 2.09. The van der Waals surface area contributed by atoms with Crippen LogP contribution in [0.1, 0.15) is 32.1 Å². The Morgan fingerprint density at radius 1 is 1.00 bits per heavy atom. The van der Waals surface area contributed by atoms with Crippen molar-refractivity contribution in [2.75, 3.05) is 0 Å². The van der Waals surface area contributed by atoms with E-state index < -0.39 is 18.3 Å². The minimum absolute atomic E-state index is 0.0430. The van der Waals surface area contributed by atoms with E-state index in [1.54, 1.807) is 0 Å². The third-order valence-electron chi connectivity index (χ3n) is 3.63. The molecule has 0 heterocycles. The van der Waals surface area contributed by atoms with Gasteiger partial charge in [-0.2, -0.15) is 0 Å². The highest BCUT2D eigenvalue weighted by molar-refractivity contribution is 5.01. The second kappa shape index (κ2) is 2.69. The first-order valence-electron chi connectivity index (χ1n) is 4.70.